The third-order valence-corrected chi connectivity index (χ3v) is 2.95. The molecule has 1 fully saturated rings. The Kier molecular flexibility index (Phi) is 4.52. The summed E-state index contributed by atoms with van der Waals surface area (Å²) in [5, 5.41) is 0. The van der Waals surface area contributed by atoms with Crippen LogP contribution in [0.25, 0.3) is 0 Å². The summed E-state index contributed by atoms with van der Waals surface area (Å²) in [6, 6.07) is 8.91. The highest BCUT2D eigenvalue weighted by molar-refractivity contribution is 5.86. The second-order valence-electron chi connectivity index (χ2n) is 4.29. The molecule has 2 rings (SSSR count). The van der Waals surface area contributed by atoms with E-state index in [1.165, 1.54) is 4.90 Å². The highest BCUT2D eigenvalue weighted by Crippen LogP contribution is 2.14. The Balaban J connectivity index is 2.12. The van der Waals surface area contributed by atoms with Crippen molar-refractivity contribution in [3.8, 4) is 0 Å². The van der Waals surface area contributed by atoms with Gasteiger partial charge in [0, 0.05) is 6.54 Å². The van der Waals surface area contributed by atoms with Crippen molar-refractivity contribution in [1.82, 2.24) is 4.90 Å². The summed E-state index contributed by atoms with van der Waals surface area (Å²) in [6.45, 7) is 2.64. The van der Waals surface area contributed by atoms with Gasteiger partial charge in [0.2, 0.25) is 5.91 Å². The third-order valence-electron chi connectivity index (χ3n) is 2.95. The molecule has 1 aromatic carbocycles. The number of amides is 1. The lowest BCUT2D eigenvalue weighted by Gasteiger charge is -2.33. The Morgan fingerprint density at radius 2 is 2.16 bits per heavy atom. The molecule has 0 N–H and O–H groups in total. The molecule has 1 atom stereocenters. The quantitative estimate of drug-likeness (QED) is 0.760. The molecule has 19 heavy (non-hydrogen) atoms. The molecule has 0 radical (unpaired) electrons. The van der Waals surface area contributed by atoms with Crippen molar-refractivity contribution in [2.24, 2.45) is 0 Å². The van der Waals surface area contributed by atoms with E-state index in [0.717, 1.165) is 5.56 Å². The van der Waals surface area contributed by atoms with Gasteiger partial charge in [-0.3, -0.25) is 4.79 Å². The second kappa shape index (κ2) is 6.33. The van der Waals surface area contributed by atoms with Crippen molar-refractivity contribution in [3.63, 3.8) is 0 Å². The Bertz CT molecular complexity index is 446. The van der Waals surface area contributed by atoms with Crippen molar-refractivity contribution in [1.29, 1.82) is 0 Å². The number of hydrogen-bond acceptors (Lipinski definition) is 4. The first-order valence-electron chi connectivity index (χ1n) is 6.30. The number of nitrogens with zero attached hydrogens (tertiary/aromatic N) is 1. The number of morpholine rings is 1. The van der Waals surface area contributed by atoms with Gasteiger partial charge < -0.3 is 14.4 Å². The van der Waals surface area contributed by atoms with Gasteiger partial charge in [0.05, 0.1) is 13.2 Å². The maximum atomic E-state index is 11.9. The zero-order valence-electron chi connectivity index (χ0n) is 10.9. The molecule has 102 valence electrons. The maximum absolute atomic E-state index is 11.9. The predicted molar refractivity (Wildman–Crippen MR) is 68.2 cm³/mol. The van der Waals surface area contributed by atoms with Crippen LogP contribution in [-0.2, 0) is 25.6 Å². The summed E-state index contributed by atoms with van der Waals surface area (Å²) in [7, 11) is 0. The lowest BCUT2D eigenvalue weighted by atomic mass is 10.1. The van der Waals surface area contributed by atoms with Crippen LogP contribution in [0, 0.1) is 0 Å². The fraction of sp³-hybridized carbons (Fsp3) is 0.429. The van der Waals surface area contributed by atoms with E-state index < -0.39 is 12.0 Å². The minimum atomic E-state index is -0.651. The second-order valence-corrected chi connectivity index (χ2v) is 4.29. The molecule has 5 nitrogen and oxygen atoms in total. The van der Waals surface area contributed by atoms with Gasteiger partial charge in [-0.1, -0.05) is 30.3 Å². The van der Waals surface area contributed by atoms with E-state index in [1.807, 2.05) is 30.3 Å². The van der Waals surface area contributed by atoms with Crippen LogP contribution < -0.4 is 0 Å². The number of ether oxygens (including phenoxy) is 2. The van der Waals surface area contributed by atoms with E-state index in [0.29, 0.717) is 13.2 Å². The van der Waals surface area contributed by atoms with Crippen LogP contribution in [0.2, 0.25) is 0 Å². The van der Waals surface area contributed by atoms with Crippen LogP contribution in [0.15, 0.2) is 30.3 Å². The minimum Gasteiger partial charge on any atom is -0.464 e. The van der Waals surface area contributed by atoms with E-state index in [1.54, 1.807) is 6.92 Å². The zero-order valence-corrected chi connectivity index (χ0v) is 10.9. The van der Waals surface area contributed by atoms with Crippen molar-refractivity contribution in [3.05, 3.63) is 35.9 Å². The van der Waals surface area contributed by atoms with Gasteiger partial charge in [0.25, 0.3) is 0 Å². The topological polar surface area (TPSA) is 55.8 Å². The standard InChI is InChI=1S/C14H17NO4/c1-2-19-14(17)12-9-18-10-13(16)15(12)8-11-6-4-3-5-7-11/h3-7,12H,2,8-10H2,1H3. The van der Waals surface area contributed by atoms with Crippen molar-refractivity contribution in [2.45, 2.75) is 19.5 Å². The molecule has 0 bridgehead atoms. The monoisotopic (exact) mass is 263 g/mol. The Hall–Kier alpha value is -1.88. The fourth-order valence-corrected chi connectivity index (χ4v) is 2.02. The lowest BCUT2D eigenvalue weighted by Crippen LogP contribution is -2.53. The number of carbonyl (C=O) groups excluding carboxylic acids is 2. The molecular formula is C14H17NO4. The lowest BCUT2D eigenvalue weighted by molar-refractivity contribution is -0.167. The van der Waals surface area contributed by atoms with Gasteiger partial charge in [0.15, 0.2) is 6.04 Å². The van der Waals surface area contributed by atoms with Crippen LogP contribution >= 0.6 is 0 Å². The van der Waals surface area contributed by atoms with Gasteiger partial charge in [-0.2, -0.15) is 0 Å². The Morgan fingerprint density at radius 3 is 2.84 bits per heavy atom. The van der Waals surface area contributed by atoms with Gasteiger partial charge in [0.1, 0.15) is 6.61 Å². The number of hydrogen-bond donors (Lipinski definition) is 0. The average Bonchev–Trinajstić information content (AvgIpc) is 2.42. The molecule has 1 heterocycles. The predicted octanol–water partition coefficient (Wildman–Crippen LogP) is 0.977. The van der Waals surface area contributed by atoms with Crippen LogP contribution in [0.1, 0.15) is 12.5 Å². The van der Waals surface area contributed by atoms with Crippen LogP contribution in [0.5, 0.6) is 0 Å². The number of carbonyl (C=O) groups is 2. The van der Waals surface area contributed by atoms with Gasteiger partial charge in [-0.05, 0) is 12.5 Å². The normalized spacial score (nSPS) is 19.3. The summed E-state index contributed by atoms with van der Waals surface area (Å²) in [5.74, 6) is -0.598. The SMILES string of the molecule is CCOC(=O)C1COCC(=O)N1Cc1ccccc1. The summed E-state index contributed by atoms with van der Waals surface area (Å²) in [4.78, 5) is 25.3. The largest absolute Gasteiger partial charge is 0.464 e. The molecule has 1 aliphatic heterocycles. The summed E-state index contributed by atoms with van der Waals surface area (Å²) in [6.07, 6.45) is 0. The van der Waals surface area contributed by atoms with Crippen molar-refractivity contribution >= 4 is 11.9 Å². The molecule has 1 amide bonds. The fourth-order valence-electron chi connectivity index (χ4n) is 2.02. The molecule has 0 aliphatic carbocycles. The molecule has 1 aliphatic rings. The molecule has 0 saturated carbocycles. The van der Waals surface area contributed by atoms with E-state index >= 15 is 0 Å². The summed E-state index contributed by atoms with van der Waals surface area (Å²) in [5.41, 5.74) is 0.979. The Morgan fingerprint density at radius 1 is 1.42 bits per heavy atom. The molecule has 1 unspecified atom stereocenters. The smallest absolute Gasteiger partial charge is 0.331 e. The van der Waals surface area contributed by atoms with E-state index in [9.17, 15) is 9.59 Å². The molecule has 5 heteroatoms. The minimum absolute atomic E-state index is 0.0166. The van der Waals surface area contributed by atoms with E-state index in [2.05, 4.69) is 0 Å². The van der Waals surface area contributed by atoms with Gasteiger partial charge in [-0.25, -0.2) is 4.79 Å². The first-order chi connectivity index (χ1) is 9.22. The van der Waals surface area contributed by atoms with Crippen LogP contribution in [0.3, 0.4) is 0 Å². The van der Waals surface area contributed by atoms with Gasteiger partial charge in [-0.15, -0.1) is 0 Å². The molecular weight excluding hydrogens is 246 g/mol. The van der Waals surface area contributed by atoms with Crippen molar-refractivity contribution < 1.29 is 19.1 Å². The number of rotatable bonds is 4. The molecule has 1 saturated heterocycles. The third kappa shape index (κ3) is 3.32. The van der Waals surface area contributed by atoms with Gasteiger partial charge >= 0.3 is 5.97 Å². The Labute approximate surface area is 112 Å². The zero-order chi connectivity index (χ0) is 13.7. The highest BCUT2D eigenvalue weighted by Gasteiger charge is 2.34. The molecule has 0 spiro atoms. The van der Waals surface area contributed by atoms with E-state index in [4.69, 9.17) is 9.47 Å². The molecule has 0 aromatic heterocycles. The van der Waals surface area contributed by atoms with Crippen LogP contribution in [-0.4, -0.2) is 42.6 Å². The maximum Gasteiger partial charge on any atom is 0.331 e. The number of esters is 1. The first-order valence-corrected chi connectivity index (χ1v) is 6.30. The summed E-state index contributed by atoms with van der Waals surface area (Å²) >= 11 is 0. The highest BCUT2D eigenvalue weighted by atomic mass is 16.5. The van der Waals surface area contributed by atoms with Crippen molar-refractivity contribution in [2.75, 3.05) is 19.8 Å². The van der Waals surface area contributed by atoms with E-state index in [-0.39, 0.29) is 19.1 Å². The molecule has 1 aromatic rings. The summed E-state index contributed by atoms with van der Waals surface area (Å²) < 4.78 is 10.1. The first kappa shape index (κ1) is 13.5. The van der Waals surface area contributed by atoms with Crippen LogP contribution in [0.4, 0.5) is 0 Å². The average molecular weight is 263 g/mol. The number of benzene rings is 1.